The minimum Gasteiger partial charge on any atom is -0.398 e. The molecule has 0 aliphatic rings. The third kappa shape index (κ3) is 3.53. The molecule has 0 saturated carbocycles. The summed E-state index contributed by atoms with van der Waals surface area (Å²) in [6.07, 6.45) is 0. The van der Waals surface area contributed by atoms with Crippen LogP contribution in [0.4, 0.5) is 5.69 Å². The molecule has 0 aliphatic heterocycles. The Bertz CT molecular complexity index is 629. The molecule has 20 heavy (non-hydrogen) atoms. The Hall–Kier alpha value is -1.04. The Morgan fingerprint density at radius 3 is 2.70 bits per heavy atom. The molecule has 3 nitrogen and oxygen atoms in total. The summed E-state index contributed by atoms with van der Waals surface area (Å²) in [5.41, 5.74) is 6.98. The van der Waals surface area contributed by atoms with Gasteiger partial charge in [0.05, 0.1) is 10.9 Å². The molecule has 2 rings (SSSR count). The number of carbonyl (C=O) groups excluding carboxylic acids is 1. The van der Waals surface area contributed by atoms with E-state index in [0.29, 0.717) is 24.3 Å². The highest BCUT2D eigenvalue weighted by Crippen LogP contribution is 2.24. The number of nitrogens with two attached hydrogens (primary N) is 1. The Morgan fingerprint density at radius 1 is 1.40 bits per heavy atom. The first-order valence-corrected chi connectivity index (χ1v) is 8.08. The fourth-order valence-electron chi connectivity index (χ4n) is 1.79. The van der Waals surface area contributed by atoms with Crippen molar-refractivity contribution in [1.29, 1.82) is 0 Å². The molecule has 1 aromatic carbocycles. The van der Waals surface area contributed by atoms with E-state index in [-0.39, 0.29) is 5.91 Å². The molecule has 0 aliphatic carbocycles. The van der Waals surface area contributed by atoms with Crippen LogP contribution in [-0.2, 0) is 6.54 Å². The molecule has 6 heteroatoms. The van der Waals surface area contributed by atoms with E-state index < -0.39 is 0 Å². The van der Waals surface area contributed by atoms with Gasteiger partial charge in [-0.2, -0.15) is 0 Å². The van der Waals surface area contributed by atoms with E-state index >= 15 is 0 Å². The number of nitrogen functional groups attached to an aromatic ring is 1. The van der Waals surface area contributed by atoms with Gasteiger partial charge >= 0.3 is 0 Å². The molecule has 0 spiro atoms. The zero-order chi connectivity index (χ0) is 14.7. The molecule has 0 fully saturated rings. The molecule has 0 atom stereocenters. The number of nitrogens with zero attached hydrogens (tertiary/aromatic N) is 1. The molecule has 1 heterocycles. The van der Waals surface area contributed by atoms with Gasteiger partial charge in [-0.25, -0.2) is 0 Å². The highest BCUT2D eigenvalue weighted by Gasteiger charge is 2.16. The number of carbonyl (C=O) groups is 1. The molecule has 106 valence electrons. The molecule has 0 saturated heterocycles. The lowest BCUT2D eigenvalue weighted by Gasteiger charge is -2.20. The highest BCUT2D eigenvalue weighted by molar-refractivity contribution is 9.10. The fourth-order valence-corrected chi connectivity index (χ4v) is 3.28. The van der Waals surface area contributed by atoms with Crippen LogP contribution >= 0.6 is 38.9 Å². The van der Waals surface area contributed by atoms with E-state index in [1.165, 1.54) is 11.3 Å². The minimum atomic E-state index is -0.0160. The van der Waals surface area contributed by atoms with Crippen molar-refractivity contribution in [2.24, 2.45) is 0 Å². The van der Waals surface area contributed by atoms with E-state index in [1.807, 2.05) is 19.1 Å². The van der Waals surface area contributed by atoms with Crippen LogP contribution in [0.3, 0.4) is 0 Å². The van der Waals surface area contributed by atoms with Crippen LogP contribution in [0.1, 0.15) is 22.2 Å². The standard InChI is InChI=1S/C14H14BrClN2OS/c1-2-18(8-10-4-6-13(16)20-10)14(19)9-3-5-12(17)11(15)7-9/h3-7H,2,8,17H2,1H3. The molecule has 1 aromatic heterocycles. The summed E-state index contributed by atoms with van der Waals surface area (Å²) in [4.78, 5) is 15.3. The maximum Gasteiger partial charge on any atom is 0.254 e. The SMILES string of the molecule is CCN(Cc1ccc(Cl)s1)C(=O)c1ccc(N)c(Br)c1. The summed E-state index contributed by atoms with van der Waals surface area (Å²) in [6.45, 7) is 3.16. The summed E-state index contributed by atoms with van der Waals surface area (Å²) < 4.78 is 1.47. The first-order valence-electron chi connectivity index (χ1n) is 6.09. The third-order valence-corrected chi connectivity index (χ3v) is 4.79. The van der Waals surface area contributed by atoms with Crippen LogP contribution in [0.5, 0.6) is 0 Å². The summed E-state index contributed by atoms with van der Waals surface area (Å²) >= 11 is 10.8. The van der Waals surface area contributed by atoms with Gasteiger partial charge in [-0.05, 0) is 53.2 Å². The third-order valence-electron chi connectivity index (χ3n) is 2.89. The predicted molar refractivity (Wildman–Crippen MR) is 88.3 cm³/mol. The van der Waals surface area contributed by atoms with Gasteiger partial charge < -0.3 is 10.6 Å². The van der Waals surface area contributed by atoms with E-state index in [0.717, 1.165) is 13.7 Å². The lowest BCUT2D eigenvalue weighted by Crippen LogP contribution is -2.30. The second-order valence-corrected chi connectivity index (χ2v) is 6.92. The number of amides is 1. The quantitative estimate of drug-likeness (QED) is 0.807. The van der Waals surface area contributed by atoms with Crippen LogP contribution in [-0.4, -0.2) is 17.4 Å². The largest absolute Gasteiger partial charge is 0.398 e. The van der Waals surface area contributed by atoms with E-state index in [9.17, 15) is 4.79 Å². The Kier molecular flexibility index (Phi) is 5.07. The van der Waals surface area contributed by atoms with Crippen LogP contribution in [0.2, 0.25) is 4.34 Å². The van der Waals surface area contributed by atoms with Gasteiger partial charge in [0.15, 0.2) is 0 Å². The van der Waals surface area contributed by atoms with Crippen LogP contribution in [0, 0.1) is 0 Å². The molecule has 1 amide bonds. The van der Waals surface area contributed by atoms with Gasteiger partial charge in [-0.15, -0.1) is 11.3 Å². The molecule has 2 aromatic rings. The Balaban J connectivity index is 2.18. The first kappa shape index (κ1) is 15.4. The fraction of sp³-hybridized carbons (Fsp3) is 0.214. The number of benzene rings is 1. The first-order chi connectivity index (χ1) is 9.51. The van der Waals surface area contributed by atoms with Crippen molar-refractivity contribution < 1.29 is 4.79 Å². The van der Waals surface area contributed by atoms with Crippen LogP contribution in [0.15, 0.2) is 34.8 Å². The van der Waals surface area contributed by atoms with Gasteiger partial charge in [0.2, 0.25) is 0 Å². The second-order valence-electron chi connectivity index (χ2n) is 4.26. The molecule has 2 N–H and O–H groups in total. The summed E-state index contributed by atoms with van der Waals surface area (Å²) in [5, 5.41) is 0. The number of hydrogen-bond donors (Lipinski definition) is 1. The van der Waals surface area contributed by atoms with Crippen molar-refractivity contribution in [1.82, 2.24) is 4.90 Å². The monoisotopic (exact) mass is 372 g/mol. The normalized spacial score (nSPS) is 10.6. The summed E-state index contributed by atoms with van der Waals surface area (Å²) in [5.74, 6) is -0.0160. The minimum absolute atomic E-state index is 0.0160. The highest BCUT2D eigenvalue weighted by atomic mass is 79.9. The Morgan fingerprint density at radius 2 is 2.15 bits per heavy atom. The number of rotatable bonds is 4. The van der Waals surface area contributed by atoms with E-state index in [4.69, 9.17) is 17.3 Å². The molecular weight excluding hydrogens is 360 g/mol. The second kappa shape index (κ2) is 6.61. The topological polar surface area (TPSA) is 46.3 Å². The van der Waals surface area contributed by atoms with Crippen molar-refractivity contribution in [3.05, 3.63) is 49.6 Å². The summed E-state index contributed by atoms with van der Waals surface area (Å²) in [6, 6.07) is 9.02. The van der Waals surface area contributed by atoms with Crippen molar-refractivity contribution in [2.75, 3.05) is 12.3 Å². The van der Waals surface area contributed by atoms with Gasteiger partial charge in [0.1, 0.15) is 0 Å². The lowest BCUT2D eigenvalue weighted by molar-refractivity contribution is 0.0754. The van der Waals surface area contributed by atoms with Crippen LogP contribution < -0.4 is 5.73 Å². The Labute approximate surface area is 135 Å². The number of halogens is 2. The summed E-state index contributed by atoms with van der Waals surface area (Å²) in [7, 11) is 0. The predicted octanol–water partition coefficient (Wildman–Crippen LogP) is 4.41. The maximum absolute atomic E-state index is 12.5. The van der Waals surface area contributed by atoms with Gasteiger partial charge in [0, 0.05) is 27.1 Å². The van der Waals surface area contributed by atoms with Crippen molar-refractivity contribution >= 4 is 50.5 Å². The van der Waals surface area contributed by atoms with Gasteiger partial charge in [0.25, 0.3) is 5.91 Å². The van der Waals surface area contributed by atoms with Gasteiger partial charge in [-0.1, -0.05) is 11.6 Å². The molecule has 0 bridgehead atoms. The van der Waals surface area contributed by atoms with Crippen molar-refractivity contribution in [2.45, 2.75) is 13.5 Å². The molecule has 0 radical (unpaired) electrons. The maximum atomic E-state index is 12.5. The smallest absolute Gasteiger partial charge is 0.254 e. The average Bonchev–Trinajstić information content (AvgIpc) is 2.84. The molecule has 0 unspecified atom stereocenters. The number of hydrogen-bond acceptors (Lipinski definition) is 3. The van der Waals surface area contributed by atoms with Gasteiger partial charge in [-0.3, -0.25) is 4.79 Å². The number of anilines is 1. The molecular formula is C14H14BrClN2OS. The zero-order valence-electron chi connectivity index (χ0n) is 10.9. The number of thiophene rings is 1. The van der Waals surface area contributed by atoms with Crippen molar-refractivity contribution in [3.63, 3.8) is 0 Å². The van der Waals surface area contributed by atoms with E-state index in [1.54, 1.807) is 23.1 Å². The average molecular weight is 374 g/mol. The van der Waals surface area contributed by atoms with Crippen LogP contribution in [0.25, 0.3) is 0 Å². The van der Waals surface area contributed by atoms with Crippen molar-refractivity contribution in [3.8, 4) is 0 Å². The van der Waals surface area contributed by atoms with E-state index in [2.05, 4.69) is 15.9 Å². The lowest BCUT2D eigenvalue weighted by atomic mass is 10.2. The zero-order valence-corrected chi connectivity index (χ0v) is 14.1.